The first kappa shape index (κ1) is 24.1. The predicted molar refractivity (Wildman–Crippen MR) is 131 cm³/mol. The first-order valence-corrected chi connectivity index (χ1v) is 13.3. The lowest BCUT2D eigenvalue weighted by molar-refractivity contribution is 0.0762. The predicted octanol–water partition coefficient (Wildman–Crippen LogP) is 4.26. The number of nitrogens with one attached hydrogen (secondary N) is 2. The molecule has 1 aliphatic rings. The van der Waals surface area contributed by atoms with E-state index in [1.807, 2.05) is 0 Å². The molecule has 1 fully saturated rings. The summed E-state index contributed by atoms with van der Waals surface area (Å²) in [4.78, 5) is 27.2. The zero-order valence-electron chi connectivity index (χ0n) is 18.0. The summed E-state index contributed by atoms with van der Waals surface area (Å²) in [5, 5.41) is 10.5. The Bertz CT molecular complexity index is 1290. The molecule has 34 heavy (non-hydrogen) atoms. The maximum Gasteiger partial charge on any atom is 0.291 e. The van der Waals surface area contributed by atoms with Gasteiger partial charge in [-0.2, -0.15) is 8.42 Å². The number of aromatic nitrogens is 2. The van der Waals surface area contributed by atoms with Gasteiger partial charge in [0.2, 0.25) is 5.13 Å². The number of rotatable bonds is 6. The smallest absolute Gasteiger partial charge is 0.291 e. The first-order chi connectivity index (χ1) is 16.3. The number of carbonyl (C=O) groups is 2. The van der Waals surface area contributed by atoms with Crippen LogP contribution in [0.5, 0.6) is 0 Å². The van der Waals surface area contributed by atoms with Crippen LogP contribution in [0.15, 0.2) is 52.9 Å². The Morgan fingerprint density at radius 3 is 2.32 bits per heavy atom. The van der Waals surface area contributed by atoms with Gasteiger partial charge in [0, 0.05) is 23.7 Å². The fraction of sp³-hybridized carbons (Fsp3) is 0.273. The standard InChI is InChI=1S/C22H22ClN5O4S2/c23-16-11-9-15(10-12-16)19(29)24-21-25-26-22(33-21)34(31,32)27-18-8-4-3-7-17(18)20(30)28-13-5-1-2-6-14-28/h3-4,7-12,27H,1-2,5-6,13-14H2,(H,24,25,29). The van der Waals surface area contributed by atoms with Gasteiger partial charge in [-0.1, -0.05) is 47.9 Å². The van der Waals surface area contributed by atoms with Crippen molar-refractivity contribution in [3.63, 3.8) is 0 Å². The van der Waals surface area contributed by atoms with Gasteiger partial charge in [-0.15, -0.1) is 10.2 Å². The Kier molecular flexibility index (Phi) is 7.44. The van der Waals surface area contributed by atoms with Crippen molar-refractivity contribution >= 4 is 55.6 Å². The topological polar surface area (TPSA) is 121 Å². The molecule has 0 spiro atoms. The Morgan fingerprint density at radius 2 is 1.62 bits per heavy atom. The van der Waals surface area contributed by atoms with Crippen molar-refractivity contribution in [3.8, 4) is 0 Å². The molecule has 2 aromatic carbocycles. The number of anilines is 2. The van der Waals surface area contributed by atoms with Gasteiger partial charge in [-0.3, -0.25) is 19.6 Å². The molecule has 2 N–H and O–H groups in total. The quantitative estimate of drug-likeness (QED) is 0.469. The van der Waals surface area contributed by atoms with Crippen molar-refractivity contribution in [2.45, 2.75) is 30.0 Å². The van der Waals surface area contributed by atoms with E-state index >= 15 is 0 Å². The van der Waals surface area contributed by atoms with Crippen LogP contribution in [0.3, 0.4) is 0 Å². The minimum atomic E-state index is -4.14. The van der Waals surface area contributed by atoms with E-state index in [0.717, 1.165) is 25.7 Å². The largest absolute Gasteiger partial charge is 0.339 e. The van der Waals surface area contributed by atoms with Crippen molar-refractivity contribution in [2.24, 2.45) is 0 Å². The van der Waals surface area contributed by atoms with E-state index in [4.69, 9.17) is 11.6 Å². The first-order valence-electron chi connectivity index (χ1n) is 10.6. The average Bonchev–Trinajstić information content (AvgIpc) is 3.13. The molecule has 0 bridgehead atoms. The Hall–Kier alpha value is -3.02. The van der Waals surface area contributed by atoms with Crippen LogP contribution in [-0.2, 0) is 10.0 Å². The summed E-state index contributed by atoms with van der Waals surface area (Å²) in [7, 11) is -4.14. The number of para-hydroxylation sites is 1. The van der Waals surface area contributed by atoms with Crippen LogP contribution in [0.25, 0.3) is 0 Å². The summed E-state index contributed by atoms with van der Waals surface area (Å²) in [5.74, 6) is -0.688. The summed E-state index contributed by atoms with van der Waals surface area (Å²) >= 11 is 6.53. The summed E-state index contributed by atoms with van der Waals surface area (Å²) < 4.78 is 28.0. The van der Waals surface area contributed by atoms with Gasteiger partial charge in [0.15, 0.2) is 0 Å². The zero-order valence-corrected chi connectivity index (χ0v) is 20.4. The second kappa shape index (κ2) is 10.5. The van der Waals surface area contributed by atoms with E-state index in [1.165, 1.54) is 18.2 Å². The second-order valence-electron chi connectivity index (χ2n) is 7.69. The summed E-state index contributed by atoms with van der Waals surface area (Å²) in [5.41, 5.74) is 0.774. The van der Waals surface area contributed by atoms with Gasteiger partial charge in [-0.05, 0) is 49.2 Å². The van der Waals surface area contributed by atoms with E-state index in [0.29, 0.717) is 35.0 Å². The highest BCUT2D eigenvalue weighted by molar-refractivity contribution is 7.94. The molecule has 9 nitrogen and oxygen atoms in total. The molecule has 0 unspecified atom stereocenters. The van der Waals surface area contributed by atoms with Crippen molar-refractivity contribution < 1.29 is 18.0 Å². The number of amides is 2. The number of hydrogen-bond acceptors (Lipinski definition) is 7. The molecular formula is C22H22ClN5O4S2. The number of benzene rings is 2. The number of carbonyl (C=O) groups excluding carboxylic acids is 2. The summed E-state index contributed by atoms with van der Waals surface area (Å²) in [6.45, 7) is 1.29. The third kappa shape index (κ3) is 5.72. The van der Waals surface area contributed by atoms with Gasteiger partial charge in [-0.25, -0.2) is 0 Å². The lowest BCUT2D eigenvalue weighted by Crippen LogP contribution is -2.32. The number of halogens is 1. The molecule has 2 amide bonds. The fourth-order valence-corrected chi connectivity index (χ4v) is 5.63. The van der Waals surface area contributed by atoms with Gasteiger partial charge in [0.25, 0.3) is 26.2 Å². The van der Waals surface area contributed by atoms with E-state index in [9.17, 15) is 18.0 Å². The maximum atomic E-state index is 13.1. The molecule has 12 heteroatoms. The lowest BCUT2D eigenvalue weighted by atomic mass is 10.1. The molecule has 178 valence electrons. The molecule has 0 saturated carbocycles. The van der Waals surface area contributed by atoms with Crippen LogP contribution in [-0.4, -0.2) is 48.4 Å². The summed E-state index contributed by atoms with van der Waals surface area (Å²) in [6.07, 6.45) is 4.00. The van der Waals surface area contributed by atoms with E-state index < -0.39 is 15.9 Å². The van der Waals surface area contributed by atoms with Crippen LogP contribution in [0.1, 0.15) is 46.4 Å². The van der Waals surface area contributed by atoms with Gasteiger partial charge in [0.1, 0.15) is 0 Å². The minimum absolute atomic E-state index is 0.0225. The van der Waals surface area contributed by atoms with Crippen LogP contribution in [0.4, 0.5) is 10.8 Å². The monoisotopic (exact) mass is 519 g/mol. The van der Waals surface area contributed by atoms with Crippen molar-refractivity contribution in [1.82, 2.24) is 15.1 Å². The molecule has 0 atom stereocenters. The van der Waals surface area contributed by atoms with Crippen molar-refractivity contribution in [3.05, 3.63) is 64.7 Å². The van der Waals surface area contributed by atoms with Crippen molar-refractivity contribution in [2.75, 3.05) is 23.1 Å². The second-order valence-corrected chi connectivity index (χ2v) is 11.0. The van der Waals surface area contributed by atoms with E-state index in [2.05, 4.69) is 20.2 Å². The SMILES string of the molecule is O=C(Nc1nnc(S(=O)(=O)Nc2ccccc2C(=O)N2CCCCCC2)s1)c1ccc(Cl)cc1. The molecule has 3 aromatic rings. The molecule has 2 heterocycles. The molecule has 1 aliphatic heterocycles. The van der Waals surface area contributed by atoms with E-state index in [1.54, 1.807) is 35.2 Å². The fourth-order valence-electron chi connectivity index (χ4n) is 3.53. The molecular weight excluding hydrogens is 498 g/mol. The highest BCUT2D eigenvalue weighted by Crippen LogP contribution is 2.26. The average molecular weight is 520 g/mol. The minimum Gasteiger partial charge on any atom is -0.339 e. The van der Waals surface area contributed by atoms with E-state index in [-0.39, 0.29) is 26.6 Å². The van der Waals surface area contributed by atoms with Gasteiger partial charge < -0.3 is 4.90 Å². The molecule has 4 rings (SSSR count). The maximum absolute atomic E-state index is 13.1. The molecule has 1 saturated heterocycles. The third-order valence-electron chi connectivity index (χ3n) is 5.26. The van der Waals surface area contributed by atoms with Crippen LogP contribution < -0.4 is 10.0 Å². The lowest BCUT2D eigenvalue weighted by Gasteiger charge is -2.22. The molecule has 0 aliphatic carbocycles. The highest BCUT2D eigenvalue weighted by atomic mass is 35.5. The number of hydrogen-bond donors (Lipinski definition) is 2. The normalized spacial score (nSPS) is 14.3. The van der Waals surface area contributed by atoms with Crippen molar-refractivity contribution in [1.29, 1.82) is 0 Å². The Balaban J connectivity index is 1.50. The highest BCUT2D eigenvalue weighted by Gasteiger charge is 2.25. The van der Waals surface area contributed by atoms with Gasteiger partial charge in [0.05, 0.1) is 11.3 Å². The number of nitrogens with zero attached hydrogens (tertiary/aromatic N) is 3. The summed E-state index contributed by atoms with van der Waals surface area (Å²) in [6, 6.07) is 12.7. The zero-order chi connectivity index (χ0) is 24.1. The Labute approximate surface area is 206 Å². The van der Waals surface area contributed by atoms with Crippen LogP contribution in [0, 0.1) is 0 Å². The van der Waals surface area contributed by atoms with Gasteiger partial charge >= 0.3 is 0 Å². The van der Waals surface area contributed by atoms with Crippen LogP contribution >= 0.6 is 22.9 Å². The molecule has 1 aromatic heterocycles. The molecule has 0 radical (unpaired) electrons. The third-order valence-corrected chi connectivity index (χ3v) is 8.08. The Morgan fingerprint density at radius 1 is 0.941 bits per heavy atom. The number of likely N-dealkylation sites (tertiary alicyclic amines) is 1. The number of sulfonamides is 1. The van der Waals surface area contributed by atoms with Crippen LogP contribution in [0.2, 0.25) is 5.02 Å².